The fourth-order valence-electron chi connectivity index (χ4n) is 4.30. The first-order valence-corrected chi connectivity index (χ1v) is 10.8. The van der Waals surface area contributed by atoms with Crippen molar-refractivity contribution < 1.29 is 9.90 Å². The zero-order valence-corrected chi connectivity index (χ0v) is 18.2. The van der Waals surface area contributed by atoms with E-state index in [2.05, 4.69) is 26.6 Å². The van der Waals surface area contributed by atoms with Gasteiger partial charge in [0.25, 0.3) is 0 Å². The molecule has 1 aliphatic rings. The van der Waals surface area contributed by atoms with Crippen LogP contribution >= 0.6 is 11.6 Å². The maximum absolute atomic E-state index is 13.0. The molecule has 2 aromatic heterocycles. The summed E-state index contributed by atoms with van der Waals surface area (Å²) in [6.45, 7) is 2.32. The number of urea groups is 1. The van der Waals surface area contributed by atoms with Crippen LogP contribution in [-0.2, 0) is 6.54 Å². The van der Waals surface area contributed by atoms with E-state index in [4.69, 9.17) is 11.6 Å². The molecule has 4 aromatic rings. The number of nitrogens with zero attached hydrogens (tertiary/aromatic N) is 3. The number of fused-ring (bicyclic) bond motifs is 2. The number of carbonyl (C=O) groups is 1. The summed E-state index contributed by atoms with van der Waals surface area (Å²) in [4.78, 5) is 19.0. The number of aromatic nitrogens is 3. The zero-order chi connectivity index (χ0) is 22.2. The molecule has 3 heterocycles. The molecule has 0 fully saturated rings. The molecule has 5 rings (SSSR count). The Labute approximate surface area is 190 Å². The molecule has 0 aliphatic carbocycles. The molecular weight excluding hydrogens is 426 g/mol. The molecule has 0 spiro atoms. The Hall–Kier alpha value is -3.42. The van der Waals surface area contributed by atoms with E-state index in [-0.39, 0.29) is 18.7 Å². The van der Waals surface area contributed by atoms with Crippen LogP contribution in [0.5, 0.6) is 0 Å². The van der Waals surface area contributed by atoms with E-state index >= 15 is 0 Å². The van der Waals surface area contributed by atoms with Gasteiger partial charge in [-0.05, 0) is 60.9 Å². The van der Waals surface area contributed by atoms with E-state index in [1.54, 1.807) is 17.2 Å². The fourth-order valence-corrected chi connectivity index (χ4v) is 4.50. The lowest BCUT2D eigenvalue weighted by Crippen LogP contribution is -2.41. The molecular formula is C24H22ClN5O2. The number of H-pyrrole nitrogens is 1. The minimum atomic E-state index is -0.297. The SMILES string of the molecule is Cc1cc(-c2n[nH]c3cc4c(cc23)CN([C@H](CCO)c2cccc(Cl)c2)C(=O)N4)ccn1. The van der Waals surface area contributed by atoms with Crippen molar-refractivity contribution >= 4 is 34.2 Å². The molecule has 1 atom stereocenters. The largest absolute Gasteiger partial charge is 0.396 e. The number of benzene rings is 2. The monoisotopic (exact) mass is 447 g/mol. The van der Waals surface area contributed by atoms with Gasteiger partial charge < -0.3 is 15.3 Å². The number of anilines is 1. The Bertz CT molecular complexity index is 1320. The average Bonchev–Trinajstić information content (AvgIpc) is 3.18. The number of rotatable bonds is 5. The number of carbonyl (C=O) groups excluding carboxylic acids is 1. The van der Waals surface area contributed by atoms with Gasteiger partial charge in [0.1, 0.15) is 5.69 Å². The Balaban J connectivity index is 1.55. The van der Waals surface area contributed by atoms with Crippen molar-refractivity contribution in [3.8, 4) is 11.3 Å². The van der Waals surface area contributed by atoms with Crippen molar-refractivity contribution in [2.24, 2.45) is 0 Å². The van der Waals surface area contributed by atoms with Crippen LogP contribution in [0.15, 0.2) is 54.7 Å². The summed E-state index contributed by atoms with van der Waals surface area (Å²) in [6, 6.07) is 14.8. The van der Waals surface area contributed by atoms with E-state index in [9.17, 15) is 9.90 Å². The smallest absolute Gasteiger partial charge is 0.322 e. The fraction of sp³-hybridized carbons (Fsp3) is 0.208. The van der Waals surface area contributed by atoms with E-state index in [0.717, 1.165) is 44.7 Å². The Morgan fingerprint density at radius 1 is 1.22 bits per heavy atom. The number of hydrogen-bond acceptors (Lipinski definition) is 4. The Morgan fingerprint density at radius 3 is 2.88 bits per heavy atom. The molecule has 3 N–H and O–H groups in total. The Kier molecular flexibility index (Phi) is 5.28. The molecule has 1 aliphatic heterocycles. The van der Waals surface area contributed by atoms with Crippen LogP contribution in [0.4, 0.5) is 10.5 Å². The quantitative estimate of drug-likeness (QED) is 0.398. The van der Waals surface area contributed by atoms with Crippen molar-refractivity contribution in [1.29, 1.82) is 0 Å². The number of halogens is 1. The van der Waals surface area contributed by atoms with Gasteiger partial charge in [0.15, 0.2) is 0 Å². The first-order chi connectivity index (χ1) is 15.5. The number of pyridine rings is 1. The average molecular weight is 448 g/mol. The summed E-state index contributed by atoms with van der Waals surface area (Å²) < 4.78 is 0. The zero-order valence-electron chi connectivity index (χ0n) is 17.5. The number of aromatic amines is 1. The first kappa shape index (κ1) is 20.5. The topological polar surface area (TPSA) is 94.1 Å². The van der Waals surface area contributed by atoms with Gasteiger partial charge in [-0.15, -0.1) is 0 Å². The third-order valence-electron chi connectivity index (χ3n) is 5.81. The second-order valence-electron chi connectivity index (χ2n) is 7.95. The standard InChI is InChI=1S/C24H22ClN5O2/c1-14-9-16(5-7-26-14)23-19-11-17-13-30(24(32)27-20(17)12-21(19)28-29-23)22(6-8-31)15-3-2-4-18(25)10-15/h2-5,7,9-12,22,31H,6,8,13H2,1H3,(H,27,32)(H,28,29)/t22-/m1/s1. The third kappa shape index (κ3) is 3.70. The normalized spacial score (nSPS) is 14.3. The van der Waals surface area contributed by atoms with E-state index < -0.39 is 0 Å². The Morgan fingerprint density at radius 2 is 2.09 bits per heavy atom. The molecule has 2 aromatic carbocycles. The highest BCUT2D eigenvalue weighted by Crippen LogP contribution is 2.36. The van der Waals surface area contributed by atoms with Crippen LogP contribution in [0.25, 0.3) is 22.2 Å². The number of hydrogen-bond donors (Lipinski definition) is 3. The summed E-state index contributed by atoms with van der Waals surface area (Å²) in [6.07, 6.45) is 2.19. The molecule has 32 heavy (non-hydrogen) atoms. The highest BCUT2D eigenvalue weighted by atomic mass is 35.5. The predicted octanol–water partition coefficient (Wildman–Crippen LogP) is 5.06. The molecule has 2 amide bonds. The number of aliphatic hydroxyl groups is 1. The summed E-state index contributed by atoms with van der Waals surface area (Å²) in [5.74, 6) is 0. The third-order valence-corrected chi connectivity index (χ3v) is 6.05. The maximum atomic E-state index is 13.0. The predicted molar refractivity (Wildman–Crippen MR) is 125 cm³/mol. The van der Waals surface area contributed by atoms with Gasteiger partial charge in [-0.1, -0.05) is 23.7 Å². The van der Waals surface area contributed by atoms with E-state index in [1.807, 2.05) is 43.3 Å². The van der Waals surface area contributed by atoms with Gasteiger partial charge >= 0.3 is 6.03 Å². The summed E-state index contributed by atoms with van der Waals surface area (Å²) >= 11 is 6.19. The molecule has 0 saturated heterocycles. The van der Waals surface area contributed by atoms with Crippen molar-refractivity contribution in [1.82, 2.24) is 20.1 Å². The number of nitrogens with one attached hydrogen (secondary N) is 2. The van der Waals surface area contributed by atoms with Crippen LogP contribution < -0.4 is 5.32 Å². The summed E-state index contributed by atoms with van der Waals surface area (Å²) in [5.41, 5.74) is 6.23. The van der Waals surface area contributed by atoms with Gasteiger partial charge in [0.05, 0.1) is 18.1 Å². The highest BCUT2D eigenvalue weighted by Gasteiger charge is 2.30. The number of aryl methyl sites for hydroxylation is 1. The second kappa shape index (κ2) is 8.26. The van der Waals surface area contributed by atoms with E-state index in [1.165, 1.54) is 0 Å². The van der Waals surface area contributed by atoms with Crippen LogP contribution in [0.1, 0.15) is 29.3 Å². The van der Waals surface area contributed by atoms with Crippen molar-refractivity contribution in [2.75, 3.05) is 11.9 Å². The van der Waals surface area contributed by atoms with Gasteiger partial charge in [-0.25, -0.2) is 4.79 Å². The van der Waals surface area contributed by atoms with Crippen LogP contribution in [0, 0.1) is 6.92 Å². The van der Waals surface area contributed by atoms with Crippen LogP contribution in [-0.4, -0.2) is 37.8 Å². The summed E-state index contributed by atoms with van der Waals surface area (Å²) in [5, 5.41) is 21.8. The number of amides is 2. The maximum Gasteiger partial charge on any atom is 0.322 e. The van der Waals surface area contributed by atoms with Gasteiger partial charge in [0.2, 0.25) is 0 Å². The van der Waals surface area contributed by atoms with Crippen LogP contribution in [0.2, 0.25) is 5.02 Å². The lowest BCUT2D eigenvalue weighted by atomic mass is 9.99. The lowest BCUT2D eigenvalue weighted by Gasteiger charge is -2.36. The molecule has 0 saturated carbocycles. The molecule has 0 unspecified atom stereocenters. The minimum absolute atomic E-state index is 0.0415. The van der Waals surface area contributed by atoms with Gasteiger partial charge in [-0.3, -0.25) is 10.1 Å². The van der Waals surface area contributed by atoms with Crippen molar-refractivity contribution in [2.45, 2.75) is 25.9 Å². The molecule has 162 valence electrons. The van der Waals surface area contributed by atoms with Gasteiger partial charge in [0, 0.05) is 40.2 Å². The lowest BCUT2D eigenvalue weighted by molar-refractivity contribution is 0.160. The van der Waals surface area contributed by atoms with E-state index in [0.29, 0.717) is 18.0 Å². The molecule has 7 nitrogen and oxygen atoms in total. The highest BCUT2D eigenvalue weighted by molar-refractivity contribution is 6.30. The minimum Gasteiger partial charge on any atom is -0.396 e. The molecule has 8 heteroatoms. The van der Waals surface area contributed by atoms with Crippen molar-refractivity contribution in [3.63, 3.8) is 0 Å². The summed E-state index contributed by atoms with van der Waals surface area (Å²) in [7, 11) is 0. The van der Waals surface area contributed by atoms with Crippen molar-refractivity contribution in [3.05, 3.63) is 76.6 Å². The molecule has 0 bridgehead atoms. The van der Waals surface area contributed by atoms with Gasteiger partial charge in [-0.2, -0.15) is 5.10 Å². The number of aliphatic hydroxyl groups excluding tert-OH is 1. The first-order valence-electron chi connectivity index (χ1n) is 10.4. The molecule has 0 radical (unpaired) electrons. The van der Waals surface area contributed by atoms with Crippen LogP contribution in [0.3, 0.4) is 0 Å². The second-order valence-corrected chi connectivity index (χ2v) is 8.39.